The summed E-state index contributed by atoms with van der Waals surface area (Å²) in [6.45, 7) is 2.20. The Hall–Kier alpha value is -2.32. The van der Waals surface area contributed by atoms with E-state index in [1.807, 2.05) is 0 Å². The standard InChI is InChI=1S/C14H13ClN2O5S/c1-2-22-14-8-7-12(9-13(14)15)23(20,21)16-10-3-5-11(6-4-10)17(18)19/h3-9,16H,2H2,1H3. The fourth-order valence-electron chi connectivity index (χ4n) is 1.79. The van der Waals surface area contributed by atoms with Gasteiger partial charge in [0.25, 0.3) is 15.7 Å². The Balaban J connectivity index is 2.24. The zero-order valence-corrected chi connectivity index (χ0v) is 13.6. The van der Waals surface area contributed by atoms with Crippen molar-refractivity contribution in [3.8, 4) is 5.75 Å². The molecule has 0 bridgehead atoms. The summed E-state index contributed by atoms with van der Waals surface area (Å²) >= 11 is 5.98. The number of rotatable bonds is 6. The van der Waals surface area contributed by atoms with E-state index in [0.29, 0.717) is 12.4 Å². The summed E-state index contributed by atoms with van der Waals surface area (Å²) in [5.74, 6) is 0.392. The van der Waals surface area contributed by atoms with Gasteiger partial charge >= 0.3 is 0 Å². The molecule has 0 aliphatic heterocycles. The van der Waals surface area contributed by atoms with Crippen molar-refractivity contribution >= 4 is 33.0 Å². The maximum atomic E-state index is 12.3. The summed E-state index contributed by atoms with van der Waals surface area (Å²) in [5, 5.41) is 10.8. The molecule has 0 aliphatic carbocycles. The number of non-ortho nitro benzene ring substituents is 1. The first-order valence-corrected chi connectivity index (χ1v) is 8.39. The van der Waals surface area contributed by atoms with Crippen LogP contribution in [0.4, 0.5) is 11.4 Å². The van der Waals surface area contributed by atoms with Crippen molar-refractivity contribution in [1.82, 2.24) is 0 Å². The van der Waals surface area contributed by atoms with Crippen LogP contribution in [0, 0.1) is 10.1 Å². The maximum absolute atomic E-state index is 12.3. The molecule has 23 heavy (non-hydrogen) atoms. The highest BCUT2D eigenvalue weighted by Gasteiger charge is 2.17. The Morgan fingerprint density at radius 1 is 1.22 bits per heavy atom. The van der Waals surface area contributed by atoms with Gasteiger partial charge in [0.05, 0.1) is 21.4 Å². The monoisotopic (exact) mass is 356 g/mol. The van der Waals surface area contributed by atoms with Gasteiger partial charge in [0.15, 0.2) is 0 Å². The second kappa shape index (κ2) is 6.84. The third-order valence-corrected chi connectivity index (χ3v) is 4.52. The molecule has 0 aliphatic rings. The van der Waals surface area contributed by atoms with E-state index >= 15 is 0 Å². The highest BCUT2D eigenvalue weighted by Crippen LogP contribution is 2.28. The average Bonchev–Trinajstić information content (AvgIpc) is 2.49. The molecule has 0 radical (unpaired) electrons. The van der Waals surface area contributed by atoms with E-state index < -0.39 is 14.9 Å². The molecule has 2 rings (SSSR count). The molecule has 2 aromatic rings. The summed E-state index contributed by atoms with van der Waals surface area (Å²) in [6, 6.07) is 9.16. The van der Waals surface area contributed by atoms with E-state index in [0.717, 1.165) is 0 Å². The molecule has 0 saturated carbocycles. The van der Waals surface area contributed by atoms with E-state index in [1.165, 1.54) is 42.5 Å². The lowest BCUT2D eigenvalue weighted by Crippen LogP contribution is -2.13. The van der Waals surface area contributed by atoms with Crippen molar-refractivity contribution in [2.24, 2.45) is 0 Å². The van der Waals surface area contributed by atoms with Gasteiger partial charge in [-0.2, -0.15) is 0 Å². The minimum Gasteiger partial charge on any atom is -0.492 e. The van der Waals surface area contributed by atoms with Gasteiger partial charge in [-0.3, -0.25) is 14.8 Å². The SMILES string of the molecule is CCOc1ccc(S(=O)(=O)Nc2ccc([N+](=O)[O-])cc2)cc1Cl. The van der Waals surface area contributed by atoms with Crippen LogP contribution >= 0.6 is 11.6 Å². The number of nitro groups is 1. The summed E-state index contributed by atoms with van der Waals surface area (Å²) in [6.07, 6.45) is 0. The van der Waals surface area contributed by atoms with Gasteiger partial charge in [-0.15, -0.1) is 0 Å². The van der Waals surface area contributed by atoms with Crippen LogP contribution in [-0.2, 0) is 10.0 Å². The second-order valence-corrected chi connectivity index (χ2v) is 6.52. The molecule has 122 valence electrons. The molecule has 0 spiro atoms. The minimum atomic E-state index is -3.86. The van der Waals surface area contributed by atoms with Crippen molar-refractivity contribution in [2.75, 3.05) is 11.3 Å². The molecular weight excluding hydrogens is 344 g/mol. The van der Waals surface area contributed by atoms with Gasteiger partial charge in [0, 0.05) is 17.8 Å². The fraction of sp³-hybridized carbons (Fsp3) is 0.143. The molecule has 0 aromatic heterocycles. The number of hydrogen-bond acceptors (Lipinski definition) is 5. The number of nitrogens with one attached hydrogen (secondary N) is 1. The smallest absolute Gasteiger partial charge is 0.269 e. The van der Waals surface area contributed by atoms with Gasteiger partial charge < -0.3 is 4.74 Å². The van der Waals surface area contributed by atoms with E-state index in [9.17, 15) is 18.5 Å². The quantitative estimate of drug-likeness (QED) is 0.631. The van der Waals surface area contributed by atoms with E-state index in [2.05, 4.69) is 4.72 Å². The molecule has 0 unspecified atom stereocenters. The van der Waals surface area contributed by atoms with Crippen LogP contribution in [0.25, 0.3) is 0 Å². The predicted molar refractivity (Wildman–Crippen MR) is 86.5 cm³/mol. The van der Waals surface area contributed by atoms with Crippen molar-refractivity contribution in [1.29, 1.82) is 0 Å². The zero-order valence-electron chi connectivity index (χ0n) is 12.0. The number of nitro benzene ring substituents is 1. The van der Waals surface area contributed by atoms with Crippen LogP contribution in [0.1, 0.15) is 6.92 Å². The molecule has 0 heterocycles. The van der Waals surface area contributed by atoms with E-state index in [4.69, 9.17) is 16.3 Å². The van der Waals surface area contributed by atoms with Crippen molar-refractivity contribution < 1.29 is 18.1 Å². The Bertz CT molecular complexity index is 822. The van der Waals surface area contributed by atoms with Crippen LogP contribution in [-0.4, -0.2) is 19.9 Å². The zero-order chi connectivity index (χ0) is 17.0. The molecule has 0 amide bonds. The second-order valence-electron chi connectivity index (χ2n) is 4.43. The average molecular weight is 357 g/mol. The molecule has 0 fully saturated rings. The van der Waals surface area contributed by atoms with Gasteiger partial charge in [-0.05, 0) is 37.3 Å². The van der Waals surface area contributed by atoms with E-state index in [1.54, 1.807) is 6.92 Å². The normalized spacial score (nSPS) is 11.0. The predicted octanol–water partition coefficient (Wildman–Crippen LogP) is 3.45. The molecule has 0 saturated heterocycles. The first kappa shape index (κ1) is 17.0. The lowest BCUT2D eigenvalue weighted by molar-refractivity contribution is -0.384. The maximum Gasteiger partial charge on any atom is 0.269 e. The lowest BCUT2D eigenvalue weighted by atomic mass is 10.3. The summed E-state index contributed by atoms with van der Waals surface area (Å²) < 4.78 is 32.2. The van der Waals surface area contributed by atoms with E-state index in [-0.39, 0.29) is 21.3 Å². The first-order chi connectivity index (χ1) is 10.8. The van der Waals surface area contributed by atoms with Gasteiger partial charge in [0.1, 0.15) is 5.75 Å². The molecule has 1 N–H and O–H groups in total. The van der Waals surface area contributed by atoms with Crippen LogP contribution in [0.5, 0.6) is 5.75 Å². The Kier molecular flexibility index (Phi) is 5.07. The third-order valence-electron chi connectivity index (χ3n) is 2.84. The van der Waals surface area contributed by atoms with Crippen LogP contribution < -0.4 is 9.46 Å². The highest BCUT2D eigenvalue weighted by atomic mass is 35.5. The number of anilines is 1. The lowest BCUT2D eigenvalue weighted by Gasteiger charge is -2.10. The molecule has 9 heteroatoms. The molecular formula is C14H13ClN2O5S. The summed E-state index contributed by atoms with van der Waals surface area (Å²) in [4.78, 5) is 9.98. The molecule has 7 nitrogen and oxygen atoms in total. The number of sulfonamides is 1. The van der Waals surface area contributed by atoms with Crippen molar-refractivity contribution in [3.63, 3.8) is 0 Å². The summed E-state index contributed by atoms with van der Waals surface area (Å²) in [7, 11) is -3.86. The van der Waals surface area contributed by atoms with Crippen LogP contribution in [0.15, 0.2) is 47.4 Å². The van der Waals surface area contributed by atoms with Crippen LogP contribution in [0.3, 0.4) is 0 Å². The van der Waals surface area contributed by atoms with Crippen molar-refractivity contribution in [3.05, 3.63) is 57.6 Å². The highest BCUT2D eigenvalue weighted by molar-refractivity contribution is 7.92. The van der Waals surface area contributed by atoms with Gasteiger partial charge in [-0.1, -0.05) is 11.6 Å². The molecule has 0 atom stereocenters. The van der Waals surface area contributed by atoms with Gasteiger partial charge in [0.2, 0.25) is 0 Å². The first-order valence-electron chi connectivity index (χ1n) is 6.53. The number of halogens is 1. The molecule has 2 aromatic carbocycles. The number of nitrogens with zero attached hydrogens (tertiary/aromatic N) is 1. The van der Waals surface area contributed by atoms with Crippen molar-refractivity contribution in [2.45, 2.75) is 11.8 Å². The fourth-order valence-corrected chi connectivity index (χ4v) is 3.17. The number of ether oxygens (including phenoxy) is 1. The third kappa shape index (κ3) is 4.11. The largest absolute Gasteiger partial charge is 0.492 e. The summed E-state index contributed by atoms with van der Waals surface area (Å²) in [5.41, 5.74) is 0.0812. The number of hydrogen-bond donors (Lipinski definition) is 1. The Morgan fingerprint density at radius 2 is 1.87 bits per heavy atom. The Morgan fingerprint density at radius 3 is 2.39 bits per heavy atom. The van der Waals surface area contributed by atoms with Crippen LogP contribution in [0.2, 0.25) is 5.02 Å². The topological polar surface area (TPSA) is 98.5 Å². The number of benzene rings is 2. The van der Waals surface area contributed by atoms with Gasteiger partial charge in [-0.25, -0.2) is 8.42 Å². The Labute approximate surface area is 138 Å². The minimum absolute atomic E-state index is 0.0377.